The van der Waals surface area contributed by atoms with Gasteiger partial charge in [0.1, 0.15) is 16.8 Å². The SMILES string of the molecule is COc1ccc(-c2ccccc2)c2ncc(NC(=O)N3CC4(C3)CS(=O)(=O)C4)nc12. The number of nitrogens with one attached hydrogen (secondary N) is 1. The predicted octanol–water partition coefficient (Wildman–Crippen LogP) is 2.57. The van der Waals surface area contributed by atoms with Gasteiger partial charge in [-0.25, -0.2) is 23.2 Å². The molecule has 1 N–H and O–H groups in total. The van der Waals surface area contributed by atoms with E-state index < -0.39 is 9.84 Å². The zero-order valence-electron chi connectivity index (χ0n) is 16.3. The number of fused-ring (bicyclic) bond motifs is 1. The minimum Gasteiger partial charge on any atom is -0.494 e. The van der Waals surface area contributed by atoms with Crippen LogP contribution in [0.3, 0.4) is 0 Å². The highest BCUT2D eigenvalue weighted by atomic mass is 32.2. The average molecular weight is 424 g/mol. The molecular formula is C21H20N4O4S. The lowest BCUT2D eigenvalue weighted by Gasteiger charge is -2.54. The van der Waals surface area contributed by atoms with Crippen LogP contribution in [0.4, 0.5) is 10.6 Å². The van der Waals surface area contributed by atoms with Crippen molar-refractivity contribution in [1.29, 1.82) is 0 Å². The van der Waals surface area contributed by atoms with Crippen LogP contribution in [0, 0.1) is 5.41 Å². The normalized spacial score (nSPS) is 18.5. The molecule has 8 nitrogen and oxygen atoms in total. The van der Waals surface area contributed by atoms with Crippen molar-refractivity contribution in [3.8, 4) is 16.9 Å². The summed E-state index contributed by atoms with van der Waals surface area (Å²) < 4.78 is 28.3. The number of likely N-dealkylation sites (tertiary alicyclic amines) is 1. The van der Waals surface area contributed by atoms with Crippen LogP contribution >= 0.6 is 0 Å². The summed E-state index contributed by atoms with van der Waals surface area (Å²) in [7, 11) is -1.35. The van der Waals surface area contributed by atoms with Crippen molar-refractivity contribution in [3.05, 3.63) is 48.7 Å². The lowest BCUT2D eigenvalue weighted by atomic mass is 9.83. The number of hydrogen-bond acceptors (Lipinski definition) is 6. The van der Waals surface area contributed by atoms with E-state index in [1.54, 1.807) is 12.0 Å². The Morgan fingerprint density at radius 1 is 1.10 bits per heavy atom. The third-order valence-corrected chi connectivity index (χ3v) is 7.70. The highest BCUT2D eigenvalue weighted by molar-refractivity contribution is 7.92. The second-order valence-corrected chi connectivity index (χ2v) is 10.0. The summed E-state index contributed by atoms with van der Waals surface area (Å²) in [5.74, 6) is 1.21. The van der Waals surface area contributed by atoms with Gasteiger partial charge < -0.3 is 9.64 Å². The van der Waals surface area contributed by atoms with Gasteiger partial charge in [-0.1, -0.05) is 30.3 Å². The Morgan fingerprint density at radius 2 is 1.83 bits per heavy atom. The molecule has 0 radical (unpaired) electrons. The maximum Gasteiger partial charge on any atom is 0.323 e. The molecule has 3 aromatic rings. The van der Waals surface area contributed by atoms with Crippen molar-refractivity contribution < 1.29 is 17.9 Å². The number of methoxy groups -OCH3 is 1. The Hall–Kier alpha value is -3.20. The van der Waals surface area contributed by atoms with Gasteiger partial charge >= 0.3 is 6.03 Å². The molecule has 0 saturated carbocycles. The van der Waals surface area contributed by atoms with Gasteiger partial charge in [0.05, 0.1) is 24.8 Å². The van der Waals surface area contributed by atoms with Crippen LogP contribution in [0.2, 0.25) is 0 Å². The number of nitrogens with zero attached hydrogens (tertiary/aromatic N) is 3. The number of aromatic nitrogens is 2. The van der Waals surface area contributed by atoms with E-state index in [9.17, 15) is 13.2 Å². The fraction of sp³-hybridized carbons (Fsp3) is 0.286. The number of ether oxygens (including phenoxy) is 1. The second-order valence-electron chi connectivity index (χ2n) is 7.95. The fourth-order valence-corrected chi connectivity index (χ4v) is 6.47. The molecule has 2 fully saturated rings. The largest absolute Gasteiger partial charge is 0.494 e. The lowest BCUT2D eigenvalue weighted by Crippen LogP contribution is -2.69. The maximum absolute atomic E-state index is 12.5. The van der Waals surface area contributed by atoms with E-state index in [0.717, 1.165) is 11.1 Å². The molecule has 0 aliphatic carbocycles. The Balaban J connectivity index is 1.39. The topological polar surface area (TPSA) is 101 Å². The van der Waals surface area contributed by atoms with E-state index in [1.165, 1.54) is 6.20 Å². The van der Waals surface area contributed by atoms with Gasteiger partial charge in [-0.15, -0.1) is 0 Å². The third-order valence-electron chi connectivity index (χ3n) is 5.59. The van der Waals surface area contributed by atoms with Crippen molar-refractivity contribution in [2.24, 2.45) is 5.41 Å². The van der Waals surface area contributed by atoms with Crippen molar-refractivity contribution >= 4 is 32.7 Å². The van der Waals surface area contributed by atoms with Gasteiger partial charge in [0.2, 0.25) is 0 Å². The summed E-state index contributed by atoms with van der Waals surface area (Å²) in [4.78, 5) is 23.2. The second kappa shape index (κ2) is 6.66. The van der Waals surface area contributed by atoms with Gasteiger partial charge in [-0.05, 0) is 17.7 Å². The molecule has 5 rings (SSSR count). The summed E-state index contributed by atoms with van der Waals surface area (Å²) in [5.41, 5.74) is 2.92. The minimum atomic E-state index is -2.91. The molecule has 2 aromatic carbocycles. The summed E-state index contributed by atoms with van der Waals surface area (Å²) in [5, 5.41) is 2.76. The first-order valence-corrected chi connectivity index (χ1v) is 11.4. The lowest BCUT2D eigenvalue weighted by molar-refractivity contribution is 0.0617. The molecule has 3 heterocycles. The highest BCUT2D eigenvalue weighted by Crippen LogP contribution is 2.41. The van der Waals surface area contributed by atoms with Crippen molar-refractivity contribution in [2.75, 3.05) is 37.0 Å². The molecule has 154 valence electrons. The van der Waals surface area contributed by atoms with E-state index >= 15 is 0 Å². The molecule has 2 saturated heterocycles. The van der Waals surface area contributed by atoms with Crippen molar-refractivity contribution in [3.63, 3.8) is 0 Å². The van der Waals surface area contributed by atoms with Gasteiger partial charge in [-0.2, -0.15) is 0 Å². The fourth-order valence-electron chi connectivity index (χ4n) is 4.32. The van der Waals surface area contributed by atoms with E-state index in [1.807, 2.05) is 42.5 Å². The first kappa shape index (κ1) is 18.8. The van der Waals surface area contributed by atoms with E-state index in [-0.39, 0.29) is 23.0 Å². The van der Waals surface area contributed by atoms with Crippen LogP contribution in [0.25, 0.3) is 22.2 Å². The molecule has 2 aliphatic heterocycles. The number of urea groups is 1. The monoisotopic (exact) mass is 424 g/mol. The Kier molecular flexibility index (Phi) is 4.18. The third kappa shape index (κ3) is 3.15. The first-order valence-electron chi connectivity index (χ1n) is 9.54. The number of carbonyl (C=O) groups is 1. The smallest absolute Gasteiger partial charge is 0.323 e. The van der Waals surface area contributed by atoms with Crippen LogP contribution in [-0.2, 0) is 9.84 Å². The number of carbonyl (C=O) groups excluding carboxylic acids is 1. The van der Waals surface area contributed by atoms with Crippen molar-refractivity contribution in [2.45, 2.75) is 0 Å². The molecule has 0 unspecified atom stereocenters. The van der Waals surface area contributed by atoms with Gasteiger partial charge in [0.25, 0.3) is 0 Å². The Labute approximate surface area is 173 Å². The first-order chi connectivity index (χ1) is 14.4. The van der Waals surface area contributed by atoms with Crippen LogP contribution < -0.4 is 10.1 Å². The molecule has 30 heavy (non-hydrogen) atoms. The summed E-state index contributed by atoms with van der Waals surface area (Å²) in [6.07, 6.45) is 1.52. The molecular weight excluding hydrogens is 404 g/mol. The molecule has 1 spiro atoms. The van der Waals surface area contributed by atoms with Crippen LogP contribution in [0.1, 0.15) is 0 Å². The molecule has 9 heteroatoms. The quantitative estimate of drug-likeness (QED) is 0.693. The maximum atomic E-state index is 12.5. The number of benzene rings is 2. The number of rotatable bonds is 3. The molecule has 2 aliphatic rings. The van der Waals surface area contributed by atoms with E-state index in [0.29, 0.717) is 35.7 Å². The van der Waals surface area contributed by atoms with E-state index in [4.69, 9.17) is 4.74 Å². The standard InChI is InChI=1S/C21H20N4O4S/c1-29-16-8-7-15(14-5-3-2-4-6-14)18-19(16)23-17(9-22-18)24-20(26)25-10-21(11-25)12-30(27,28)13-21/h2-9H,10-13H2,1H3,(H,23,24,26). The van der Waals surface area contributed by atoms with Crippen LogP contribution in [0.5, 0.6) is 5.75 Å². The number of amides is 2. The van der Waals surface area contributed by atoms with Gasteiger partial charge in [0.15, 0.2) is 15.7 Å². The summed E-state index contributed by atoms with van der Waals surface area (Å²) in [6.45, 7) is 0.890. The van der Waals surface area contributed by atoms with Gasteiger partial charge in [-0.3, -0.25) is 5.32 Å². The van der Waals surface area contributed by atoms with Crippen LogP contribution in [-0.4, -0.2) is 61.0 Å². The molecule has 1 aromatic heterocycles. The predicted molar refractivity (Wildman–Crippen MR) is 113 cm³/mol. The highest BCUT2D eigenvalue weighted by Gasteiger charge is 2.57. The van der Waals surface area contributed by atoms with Gasteiger partial charge in [0, 0.05) is 24.1 Å². The number of hydrogen-bond donors (Lipinski definition) is 1. The number of sulfone groups is 1. The van der Waals surface area contributed by atoms with E-state index in [2.05, 4.69) is 15.3 Å². The Morgan fingerprint density at radius 3 is 2.50 bits per heavy atom. The zero-order chi connectivity index (χ0) is 20.9. The average Bonchev–Trinajstić information content (AvgIpc) is 2.69. The number of anilines is 1. The summed E-state index contributed by atoms with van der Waals surface area (Å²) in [6, 6.07) is 13.3. The Bertz CT molecular complexity index is 1240. The molecule has 0 atom stereocenters. The molecule has 0 bridgehead atoms. The summed E-state index contributed by atoms with van der Waals surface area (Å²) >= 11 is 0. The van der Waals surface area contributed by atoms with Crippen molar-refractivity contribution in [1.82, 2.24) is 14.9 Å². The zero-order valence-corrected chi connectivity index (χ0v) is 17.1. The minimum absolute atomic E-state index is 0.166. The molecule has 2 amide bonds. The van der Waals surface area contributed by atoms with Crippen LogP contribution in [0.15, 0.2) is 48.7 Å².